The summed E-state index contributed by atoms with van der Waals surface area (Å²) in [6.07, 6.45) is 2.19. The molecule has 1 unspecified atom stereocenters. The Balaban J connectivity index is 1.58. The predicted molar refractivity (Wildman–Crippen MR) is 65.2 cm³/mol. The van der Waals surface area contributed by atoms with Crippen LogP contribution in [0.2, 0.25) is 0 Å². The first-order chi connectivity index (χ1) is 8.92. The molecular weight excluding hydrogens is 232 g/mol. The summed E-state index contributed by atoms with van der Waals surface area (Å²) in [6.45, 7) is 6.53. The van der Waals surface area contributed by atoms with E-state index in [0.29, 0.717) is 5.92 Å². The molecule has 18 heavy (non-hydrogen) atoms. The molecule has 100 valence electrons. The highest BCUT2D eigenvalue weighted by Gasteiger charge is 2.22. The van der Waals surface area contributed by atoms with E-state index >= 15 is 0 Å². The number of hydrogen-bond donors (Lipinski definition) is 1. The zero-order chi connectivity index (χ0) is 12.2. The summed E-state index contributed by atoms with van der Waals surface area (Å²) in [5.74, 6) is 1.87. The van der Waals surface area contributed by atoms with Gasteiger partial charge in [0.1, 0.15) is 0 Å². The Hall–Kier alpha value is -0.980. The fourth-order valence-electron chi connectivity index (χ4n) is 2.50. The molecule has 0 amide bonds. The van der Waals surface area contributed by atoms with Crippen molar-refractivity contribution in [2.45, 2.75) is 25.3 Å². The van der Waals surface area contributed by atoms with E-state index < -0.39 is 0 Å². The van der Waals surface area contributed by atoms with Crippen molar-refractivity contribution in [3.05, 3.63) is 11.7 Å². The molecule has 1 atom stereocenters. The van der Waals surface area contributed by atoms with Crippen LogP contribution in [-0.4, -0.2) is 54.4 Å². The highest BCUT2D eigenvalue weighted by Crippen LogP contribution is 2.23. The average molecular weight is 252 g/mol. The Morgan fingerprint density at radius 3 is 3.00 bits per heavy atom. The molecule has 0 aliphatic carbocycles. The van der Waals surface area contributed by atoms with E-state index in [2.05, 4.69) is 20.4 Å². The van der Waals surface area contributed by atoms with Gasteiger partial charge in [0.25, 0.3) is 0 Å². The van der Waals surface area contributed by atoms with Crippen LogP contribution in [0.3, 0.4) is 0 Å². The first kappa shape index (κ1) is 12.1. The highest BCUT2D eigenvalue weighted by atomic mass is 16.5. The fraction of sp³-hybridized carbons (Fsp3) is 0.833. The minimum atomic E-state index is 0.319. The monoisotopic (exact) mass is 252 g/mol. The molecule has 0 spiro atoms. The summed E-state index contributed by atoms with van der Waals surface area (Å²) < 4.78 is 10.8. The largest absolute Gasteiger partial charge is 0.381 e. The molecule has 1 aromatic rings. The number of nitrogens with zero attached hydrogens (tertiary/aromatic N) is 3. The zero-order valence-corrected chi connectivity index (χ0v) is 10.6. The van der Waals surface area contributed by atoms with Crippen LogP contribution in [0, 0.1) is 0 Å². The second kappa shape index (κ2) is 5.77. The van der Waals surface area contributed by atoms with Crippen LogP contribution in [0.1, 0.15) is 30.5 Å². The first-order valence-corrected chi connectivity index (χ1v) is 6.75. The molecule has 0 saturated carbocycles. The molecule has 0 bridgehead atoms. The topological polar surface area (TPSA) is 63.4 Å². The third kappa shape index (κ3) is 2.88. The Morgan fingerprint density at radius 1 is 1.33 bits per heavy atom. The second-order valence-electron chi connectivity index (χ2n) is 4.99. The maximum atomic E-state index is 5.46. The standard InChI is InChI=1S/C12H20N4O2/c1-2-10(9-17-7-1)12-14-11(18-15-12)8-16-5-3-13-4-6-16/h10,13H,1-9H2. The molecule has 2 aliphatic heterocycles. The van der Waals surface area contributed by atoms with Crippen molar-refractivity contribution in [2.24, 2.45) is 0 Å². The summed E-state index contributed by atoms with van der Waals surface area (Å²) >= 11 is 0. The smallest absolute Gasteiger partial charge is 0.240 e. The van der Waals surface area contributed by atoms with Crippen LogP contribution in [0.4, 0.5) is 0 Å². The van der Waals surface area contributed by atoms with Gasteiger partial charge in [-0.3, -0.25) is 4.90 Å². The van der Waals surface area contributed by atoms with E-state index in [1.807, 2.05) is 0 Å². The van der Waals surface area contributed by atoms with Crippen LogP contribution in [-0.2, 0) is 11.3 Å². The molecule has 0 aromatic carbocycles. The lowest BCUT2D eigenvalue weighted by Crippen LogP contribution is -2.42. The number of piperazine rings is 1. The fourth-order valence-corrected chi connectivity index (χ4v) is 2.50. The summed E-state index contributed by atoms with van der Waals surface area (Å²) in [5.41, 5.74) is 0. The van der Waals surface area contributed by atoms with Crippen LogP contribution >= 0.6 is 0 Å². The molecule has 6 nitrogen and oxygen atoms in total. The van der Waals surface area contributed by atoms with Crippen molar-refractivity contribution in [2.75, 3.05) is 39.4 Å². The van der Waals surface area contributed by atoms with Gasteiger partial charge in [-0.25, -0.2) is 0 Å². The first-order valence-electron chi connectivity index (χ1n) is 6.75. The molecule has 0 radical (unpaired) electrons. The molecule has 2 aliphatic rings. The third-order valence-electron chi connectivity index (χ3n) is 3.58. The molecule has 1 aromatic heterocycles. The summed E-state index contributed by atoms with van der Waals surface area (Å²) in [5, 5.41) is 7.43. The van der Waals surface area contributed by atoms with Gasteiger partial charge in [0.2, 0.25) is 5.89 Å². The maximum Gasteiger partial charge on any atom is 0.240 e. The van der Waals surface area contributed by atoms with Crippen LogP contribution < -0.4 is 5.32 Å². The van der Waals surface area contributed by atoms with Crippen molar-refractivity contribution in [3.8, 4) is 0 Å². The van der Waals surface area contributed by atoms with Gasteiger partial charge in [0, 0.05) is 38.7 Å². The molecule has 3 rings (SSSR count). The van der Waals surface area contributed by atoms with Crippen molar-refractivity contribution in [1.29, 1.82) is 0 Å². The van der Waals surface area contributed by atoms with E-state index in [4.69, 9.17) is 9.26 Å². The number of rotatable bonds is 3. The van der Waals surface area contributed by atoms with Gasteiger partial charge in [-0.2, -0.15) is 4.98 Å². The molecule has 1 N–H and O–H groups in total. The van der Waals surface area contributed by atoms with Gasteiger partial charge >= 0.3 is 0 Å². The molecular formula is C12H20N4O2. The van der Waals surface area contributed by atoms with Gasteiger partial charge in [0.05, 0.1) is 13.2 Å². The van der Waals surface area contributed by atoms with Crippen molar-refractivity contribution >= 4 is 0 Å². The zero-order valence-electron chi connectivity index (χ0n) is 10.6. The summed E-state index contributed by atoms with van der Waals surface area (Å²) in [4.78, 5) is 6.85. The second-order valence-corrected chi connectivity index (χ2v) is 4.99. The number of hydrogen-bond acceptors (Lipinski definition) is 6. The van der Waals surface area contributed by atoms with Crippen LogP contribution in [0.15, 0.2) is 4.52 Å². The molecule has 2 fully saturated rings. The van der Waals surface area contributed by atoms with Gasteiger partial charge in [-0.15, -0.1) is 0 Å². The van der Waals surface area contributed by atoms with Gasteiger partial charge in [0.15, 0.2) is 5.82 Å². The highest BCUT2D eigenvalue weighted by molar-refractivity contribution is 4.96. The number of aromatic nitrogens is 2. The van der Waals surface area contributed by atoms with E-state index in [1.165, 1.54) is 0 Å². The minimum Gasteiger partial charge on any atom is -0.381 e. The Kier molecular flexibility index (Phi) is 3.87. The summed E-state index contributed by atoms with van der Waals surface area (Å²) in [6, 6.07) is 0. The van der Waals surface area contributed by atoms with Gasteiger partial charge in [-0.05, 0) is 12.8 Å². The lowest BCUT2D eigenvalue weighted by Gasteiger charge is -2.25. The Morgan fingerprint density at radius 2 is 2.22 bits per heavy atom. The molecule has 3 heterocycles. The average Bonchev–Trinajstić information content (AvgIpc) is 2.89. The maximum absolute atomic E-state index is 5.46. The number of nitrogens with one attached hydrogen (secondary N) is 1. The Bertz CT molecular complexity index is 370. The van der Waals surface area contributed by atoms with Gasteiger partial charge < -0.3 is 14.6 Å². The normalized spacial score (nSPS) is 26.3. The van der Waals surface area contributed by atoms with E-state index in [9.17, 15) is 0 Å². The van der Waals surface area contributed by atoms with Crippen molar-refractivity contribution in [1.82, 2.24) is 20.4 Å². The van der Waals surface area contributed by atoms with E-state index in [0.717, 1.165) is 70.5 Å². The van der Waals surface area contributed by atoms with Crippen LogP contribution in [0.5, 0.6) is 0 Å². The van der Waals surface area contributed by atoms with Crippen LogP contribution in [0.25, 0.3) is 0 Å². The lowest BCUT2D eigenvalue weighted by molar-refractivity contribution is 0.0773. The minimum absolute atomic E-state index is 0.319. The molecule has 6 heteroatoms. The summed E-state index contributed by atoms with van der Waals surface area (Å²) in [7, 11) is 0. The lowest BCUT2D eigenvalue weighted by atomic mass is 10.0. The quantitative estimate of drug-likeness (QED) is 0.838. The Labute approximate surface area is 107 Å². The SMILES string of the molecule is C1COCC(c2noc(CN3CCNCC3)n2)C1. The van der Waals surface area contributed by atoms with E-state index in [1.54, 1.807) is 0 Å². The van der Waals surface area contributed by atoms with Gasteiger partial charge in [-0.1, -0.05) is 5.16 Å². The third-order valence-corrected chi connectivity index (χ3v) is 3.58. The van der Waals surface area contributed by atoms with Crippen molar-refractivity contribution < 1.29 is 9.26 Å². The van der Waals surface area contributed by atoms with Crippen molar-refractivity contribution in [3.63, 3.8) is 0 Å². The number of ether oxygens (including phenoxy) is 1. The molecule has 2 saturated heterocycles. The predicted octanol–water partition coefficient (Wildman–Crippen LogP) is 0.369. The van der Waals surface area contributed by atoms with E-state index in [-0.39, 0.29) is 0 Å².